The maximum absolute atomic E-state index is 12.9. The molecule has 1 atom stereocenters. The Balaban J connectivity index is 1.46. The Kier molecular flexibility index (Phi) is 7.44. The lowest BCUT2D eigenvalue weighted by Crippen LogP contribution is -2.36. The average Bonchev–Trinajstić information content (AvgIpc) is 3.54. The number of nitrogens with one attached hydrogen (secondary N) is 2. The number of hydrogen-bond donors (Lipinski definition) is 2. The molecule has 2 N–H and O–H groups in total. The van der Waals surface area contributed by atoms with E-state index in [1.165, 1.54) is 18.2 Å². The number of rotatable bonds is 9. The SMILES string of the molecule is O=C(NC[C@H](c1ccco1)N1CCCC1)c1ccc(Cl)c(S(=O)(=O)NCc2cccnc2)c1. The van der Waals surface area contributed by atoms with Gasteiger partial charge >= 0.3 is 0 Å². The maximum atomic E-state index is 12.9. The summed E-state index contributed by atoms with van der Waals surface area (Å²) in [4.78, 5) is 19.0. The molecule has 1 saturated heterocycles. The summed E-state index contributed by atoms with van der Waals surface area (Å²) < 4.78 is 33.7. The van der Waals surface area contributed by atoms with Gasteiger partial charge in [-0.25, -0.2) is 13.1 Å². The van der Waals surface area contributed by atoms with E-state index >= 15 is 0 Å². The van der Waals surface area contributed by atoms with Crippen LogP contribution in [0.4, 0.5) is 0 Å². The number of furan rings is 1. The molecule has 1 aliphatic rings. The van der Waals surface area contributed by atoms with E-state index < -0.39 is 10.0 Å². The molecule has 1 aromatic carbocycles. The molecule has 0 saturated carbocycles. The van der Waals surface area contributed by atoms with Gasteiger partial charge in [0.05, 0.1) is 17.3 Å². The van der Waals surface area contributed by atoms with Gasteiger partial charge in [-0.3, -0.25) is 14.7 Å². The topological polar surface area (TPSA) is 105 Å². The Morgan fingerprint density at radius 2 is 2.00 bits per heavy atom. The van der Waals surface area contributed by atoms with Gasteiger partial charge < -0.3 is 9.73 Å². The first-order valence-electron chi connectivity index (χ1n) is 10.7. The van der Waals surface area contributed by atoms with Crippen LogP contribution in [0.1, 0.15) is 40.6 Å². The average molecular weight is 489 g/mol. The van der Waals surface area contributed by atoms with Gasteiger partial charge in [-0.1, -0.05) is 17.7 Å². The molecular formula is C23H25ClN4O4S. The number of sulfonamides is 1. The van der Waals surface area contributed by atoms with Crippen LogP contribution in [-0.2, 0) is 16.6 Å². The highest BCUT2D eigenvalue weighted by Gasteiger charge is 2.26. The molecule has 10 heteroatoms. The van der Waals surface area contributed by atoms with Gasteiger partial charge in [0.15, 0.2) is 0 Å². The molecule has 0 spiro atoms. The summed E-state index contributed by atoms with van der Waals surface area (Å²) >= 11 is 6.17. The van der Waals surface area contributed by atoms with Gasteiger partial charge in [-0.15, -0.1) is 0 Å². The molecule has 4 rings (SSSR count). The van der Waals surface area contributed by atoms with Crippen LogP contribution in [0.25, 0.3) is 0 Å². The minimum absolute atomic E-state index is 0.0377. The smallest absolute Gasteiger partial charge is 0.251 e. The Morgan fingerprint density at radius 1 is 1.18 bits per heavy atom. The van der Waals surface area contributed by atoms with E-state index in [1.54, 1.807) is 30.8 Å². The van der Waals surface area contributed by atoms with Crippen molar-refractivity contribution in [2.75, 3.05) is 19.6 Å². The number of halogens is 1. The fourth-order valence-electron chi connectivity index (χ4n) is 3.84. The number of carbonyl (C=O) groups excluding carboxylic acids is 1. The number of benzene rings is 1. The van der Waals surface area contributed by atoms with Crippen LogP contribution in [0, 0.1) is 0 Å². The lowest BCUT2D eigenvalue weighted by molar-refractivity contribution is 0.0933. The molecule has 33 heavy (non-hydrogen) atoms. The number of nitrogens with zero attached hydrogens (tertiary/aromatic N) is 2. The molecule has 3 aromatic rings. The van der Waals surface area contributed by atoms with Crippen LogP contribution in [0.15, 0.2) is 70.4 Å². The first-order chi connectivity index (χ1) is 15.9. The van der Waals surface area contributed by atoms with Crippen LogP contribution in [0.2, 0.25) is 5.02 Å². The third-order valence-electron chi connectivity index (χ3n) is 5.58. The lowest BCUT2D eigenvalue weighted by atomic mass is 10.1. The summed E-state index contributed by atoms with van der Waals surface area (Å²) in [6.45, 7) is 2.28. The van der Waals surface area contributed by atoms with Crippen LogP contribution >= 0.6 is 11.6 Å². The minimum atomic E-state index is -3.94. The summed E-state index contributed by atoms with van der Waals surface area (Å²) in [5.74, 6) is 0.405. The minimum Gasteiger partial charge on any atom is -0.468 e. The molecule has 0 aliphatic carbocycles. The van der Waals surface area contributed by atoms with Gasteiger partial charge in [0.25, 0.3) is 5.91 Å². The van der Waals surface area contributed by atoms with Crippen molar-refractivity contribution in [1.82, 2.24) is 19.9 Å². The van der Waals surface area contributed by atoms with Crippen molar-refractivity contribution in [3.05, 3.63) is 83.0 Å². The van der Waals surface area contributed by atoms with Crippen molar-refractivity contribution in [3.8, 4) is 0 Å². The van der Waals surface area contributed by atoms with Crippen molar-refractivity contribution >= 4 is 27.5 Å². The van der Waals surface area contributed by atoms with E-state index in [4.69, 9.17) is 16.0 Å². The third kappa shape index (κ3) is 5.80. The van der Waals surface area contributed by atoms with Gasteiger partial charge in [0, 0.05) is 31.0 Å². The fourth-order valence-corrected chi connectivity index (χ4v) is 5.39. The predicted molar refractivity (Wildman–Crippen MR) is 124 cm³/mol. The van der Waals surface area contributed by atoms with E-state index in [9.17, 15) is 13.2 Å². The quantitative estimate of drug-likeness (QED) is 0.478. The second kappa shape index (κ2) is 10.5. The van der Waals surface area contributed by atoms with E-state index in [1.807, 2.05) is 12.1 Å². The van der Waals surface area contributed by atoms with Crippen molar-refractivity contribution in [2.45, 2.75) is 30.3 Å². The molecule has 174 valence electrons. The summed E-state index contributed by atoms with van der Waals surface area (Å²) in [6.07, 6.45) is 7.02. The van der Waals surface area contributed by atoms with E-state index in [0.29, 0.717) is 12.1 Å². The largest absolute Gasteiger partial charge is 0.468 e. The number of carbonyl (C=O) groups is 1. The Morgan fingerprint density at radius 3 is 2.70 bits per heavy atom. The van der Waals surface area contributed by atoms with Gasteiger partial charge in [0.2, 0.25) is 10.0 Å². The summed E-state index contributed by atoms with van der Waals surface area (Å²) in [5.41, 5.74) is 0.915. The van der Waals surface area contributed by atoms with Gasteiger partial charge in [-0.2, -0.15) is 0 Å². The normalized spacial score (nSPS) is 15.4. The summed E-state index contributed by atoms with van der Waals surface area (Å²) in [5, 5.41) is 2.95. The fraction of sp³-hybridized carbons (Fsp3) is 0.304. The van der Waals surface area contributed by atoms with Crippen molar-refractivity contribution in [2.24, 2.45) is 0 Å². The number of amides is 1. The highest BCUT2D eigenvalue weighted by atomic mass is 35.5. The molecule has 2 aromatic heterocycles. The Bertz CT molecular complexity index is 1180. The van der Waals surface area contributed by atoms with E-state index in [0.717, 1.165) is 31.7 Å². The monoisotopic (exact) mass is 488 g/mol. The van der Waals surface area contributed by atoms with Gasteiger partial charge in [0.1, 0.15) is 10.7 Å². The zero-order valence-electron chi connectivity index (χ0n) is 17.9. The predicted octanol–water partition coefficient (Wildman–Crippen LogP) is 3.37. The standard InChI is InChI=1S/C23H25ClN4O4S/c24-19-8-7-18(13-22(19)33(30,31)27-15-17-5-3-9-25-14-17)23(29)26-16-20(21-6-4-12-32-21)28-10-1-2-11-28/h3-9,12-14,20,27H,1-2,10-11,15-16H2,(H,26,29)/t20-/m1/s1. The van der Waals surface area contributed by atoms with E-state index in [-0.39, 0.29) is 34.0 Å². The van der Waals surface area contributed by atoms with Crippen LogP contribution in [-0.4, -0.2) is 43.8 Å². The Hall–Kier alpha value is -2.72. The molecule has 8 nitrogen and oxygen atoms in total. The second-order valence-corrected chi connectivity index (χ2v) is 9.96. The zero-order chi connectivity index (χ0) is 23.3. The van der Waals surface area contributed by atoms with Crippen LogP contribution < -0.4 is 10.0 Å². The first-order valence-corrected chi connectivity index (χ1v) is 12.5. The molecule has 3 heterocycles. The van der Waals surface area contributed by atoms with Crippen LogP contribution in [0.5, 0.6) is 0 Å². The molecule has 1 aliphatic heterocycles. The zero-order valence-corrected chi connectivity index (χ0v) is 19.5. The van der Waals surface area contributed by atoms with Crippen LogP contribution in [0.3, 0.4) is 0 Å². The first kappa shape index (κ1) is 23.4. The molecule has 0 radical (unpaired) electrons. The van der Waals surface area contributed by atoms with Crippen molar-refractivity contribution in [1.29, 1.82) is 0 Å². The molecular weight excluding hydrogens is 464 g/mol. The van der Waals surface area contributed by atoms with Gasteiger partial charge in [-0.05, 0) is 67.9 Å². The third-order valence-corrected chi connectivity index (χ3v) is 7.46. The maximum Gasteiger partial charge on any atom is 0.251 e. The number of aromatic nitrogens is 1. The summed E-state index contributed by atoms with van der Waals surface area (Å²) in [6, 6.07) is 11.3. The number of likely N-dealkylation sites (tertiary alicyclic amines) is 1. The molecule has 1 amide bonds. The number of hydrogen-bond acceptors (Lipinski definition) is 6. The number of pyridine rings is 1. The van der Waals surface area contributed by atoms with E-state index in [2.05, 4.69) is 19.9 Å². The second-order valence-electron chi connectivity index (χ2n) is 7.82. The molecule has 0 bridgehead atoms. The van der Waals surface area contributed by atoms with Crippen molar-refractivity contribution in [3.63, 3.8) is 0 Å². The Labute approximate surface area is 198 Å². The highest BCUT2D eigenvalue weighted by molar-refractivity contribution is 7.89. The molecule has 1 fully saturated rings. The summed E-state index contributed by atoms with van der Waals surface area (Å²) in [7, 11) is -3.94. The lowest BCUT2D eigenvalue weighted by Gasteiger charge is -2.26. The highest BCUT2D eigenvalue weighted by Crippen LogP contribution is 2.26. The molecule has 0 unspecified atom stereocenters. The van der Waals surface area contributed by atoms with Crippen molar-refractivity contribution < 1.29 is 17.6 Å².